The molecule has 1 aromatic carbocycles. The minimum atomic E-state index is -0.603. The minimum absolute atomic E-state index is 0.532. The maximum absolute atomic E-state index is 10.8. The molecule has 0 saturated heterocycles. The Bertz CT molecular complexity index is 589. The second-order valence-corrected chi connectivity index (χ2v) is 4.35. The SMILES string of the molecule is O=C(/C=C/c1ccc(-c2ccccc2Br)o1)NO. The summed E-state index contributed by atoms with van der Waals surface area (Å²) in [5.41, 5.74) is 2.44. The molecule has 2 aromatic rings. The molecule has 2 N–H and O–H groups in total. The number of hydroxylamine groups is 1. The molecule has 2 rings (SSSR count). The third kappa shape index (κ3) is 2.88. The van der Waals surface area contributed by atoms with E-state index in [0.717, 1.165) is 10.0 Å². The number of carbonyl (C=O) groups excluding carboxylic acids is 1. The number of amides is 1. The number of furan rings is 1. The highest BCUT2D eigenvalue weighted by atomic mass is 79.9. The topological polar surface area (TPSA) is 62.5 Å². The lowest BCUT2D eigenvalue weighted by Gasteiger charge is -1.99. The molecule has 0 saturated carbocycles. The molecule has 4 nitrogen and oxygen atoms in total. The van der Waals surface area contributed by atoms with Crippen LogP contribution in [-0.2, 0) is 4.79 Å². The van der Waals surface area contributed by atoms with Crippen LogP contribution < -0.4 is 5.48 Å². The Morgan fingerprint density at radius 1 is 1.28 bits per heavy atom. The van der Waals surface area contributed by atoms with Crippen molar-refractivity contribution in [3.63, 3.8) is 0 Å². The molecule has 0 unspecified atom stereocenters. The van der Waals surface area contributed by atoms with Crippen LogP contribution >= 0.6 is 15.9 Å². The fourth-order valence-electron chi connectivity index (χ4n) is 1.44. The van der Waals surface area contributed by atoms with E-state index < -0.39 is 5.91 Å². The van der Waals surface area contributed by atoms with Crippen LogP contribution in [0, 0.1) is 0 Å². The summed E-state index contributed by atoms with van der Waals surface area (Å²) in [6, 6.07) is 11.2. The summed E-state index contributed by atoms with van der Waals surface area (Å²) in [5, 5.41) is 8.34. The molecule has 0 radical (unpaired) electrons. The van der Waals surface area contributed by atoms with E-state index >= 15 is 0 Å². The summed E-state index contributed by atoms with van der Waals surface area (Å²) in [4.78, 5) is 10.8. The lowest BCUT2D eigenvalue weighted by molar-refractivity contribution is -0.124. The number of hydrogen-bond acceptors (Lipinski definition) is 3. The number of nitrogens with one attached hydrogen (secondary N) is 1. The molecule has 0 aliphatic heterocycles. The van der Waals surface area contributed by atoms with Gasteiger partial charge in [-0.05, 0) is 24.3 Å². The van der Waals surface area contributed by atoms with E-state index in [1.165, 1.54) is 17.6 Å². The molecule has 0 aliphatic rings. The van der Waals surface area contributed by atoms with Gasteiger partial charge in [-0.25, -0.2) is 5.48 Å². The zero-order valence-electron chi connectivity index (χ0n) is 9.26. The van der Waals surface area contributed by atoms with Crippen molar-refractivity contribution in [2.24, 2.45) is 0 Å². The number of carbonyl (C=O) groups is 1. The predicted molar refractivity (Wildman–Crippen MR) is 70.8 cm³/mol. The Morgan fingerprint density at radius 3 is 2.78 bits per heavy atom. The van der Waals surface area contributed by atoms with Gasteiger partial charge in [0.15, 0.2) is 0 Å². The molecule has 1 heterocycles. The van der Waals surface area contributed by atoms with Crippen molar-refractivity contribution in [2.45, 2.75) is 0 Å². The normalized spacial score (nSPS) is 10.8. The third-order valence-electron chi connectivity index (χ3n) is 2.28. The van der Waals surface area contributed by atoms with Gasteiger partial charge in [-0.3, -0.25) is 10.0 Å². The molecule has 0 atom stereocenters. The van der Waals surface area contributed by atoms with Gasteiger partial charge in [-0.15, -0.1) is 0 Å². The van der Waals surface area contributed by atoms with Crippen molar-refractivity contribution in [3.8, 4) is 11.3 Å². The molecule has 0 aliphatic carbocycles. The second-order valence-electron chi connectivity index (χ2n) is 3.49. The second kappa shape index (κ2) is 5.66. The first-order valence-electron chi connectivity index (χ1n) is 5.17. The Balaban J connectivity index is 2.24. The predicted octanol–water partition coefficient (Wildman–Crippen LogP) is 3.23. The Kier molecular flexibility index (Phi) is 3.96. The maximum Gasteiger partial charge on any atom is 0.267 e. The third-order valence-corrected chi connectivity index (χ3v) is 2.97. The Morgan fingerprint density at radius 2 is 2.06 bits per heavy atom. The van der Waals surface area contributed by atoms with Gasteiger partial charge in [0.2, 0.25) is 0 Å². The summed E-state index contributed by atoms with van der Waals surface area (Å²) in [7, 11) is 0. The molecule has 1 aromatic heterocycles. The van der Waals surface area contributed by atoms with E-state index in [-0.39, 0.29) is 0 Å². The van der Waals surface area contributed by atoms with E-state index in [9.17, 15) is 4.79 Å². The van der Waals surface area contributed by atoms with E-state index in [1.807, 2.05) is 30.3 Å². The smallest absolute Gasteiger partial charge is 0.267 e. The van der Waals surface area contributed by atoms with Crippen LogP contribution in [0.3, 0.4) is 0 Å². The van der Waals surface area contributed by atoms with E-state index in [0.29, 0.717) is 11.5 Å². The van der Waals surface area contributed by atoms with Crippen molar-refractivity contribution in [1.82, 2.24) is 5.48 Å². The van der Waals surface area contributed by atoms with Gasteiger partial charge >= 0.3 is 0 Å². The maximum atomic E-state index is 10.8. The zero-order valence-corrected chi connectivity index (χ0v) is 10.8. The lowest BCUT2D eigenvalue weighted by Crippen LogP contribution is -2.14. The van der Waals surface area contributed by atoms with E-state index in [2.05, 4.69) is 15.9 Å². The van der Waals surface area contributed by atoms with Gasteiger partial charge in [0.1, 0.15) is 11.5 Å². The molecule has 5 heteroatoms. The number of rotatable bonds is 3. The van der Waals surface area contributed by atoms with Gasteiger partial charge < -0.3 is 4.42 Å². The number of benzene rings is 1. The first-order chi connectivity index (χ1) is 8.70. The highest BCUT2D eigenvalue weighted by molar-refractivity contribution is 9.10. The lowest BCUT2D eigenvalue weighted by atomic mass is 10.2. The number of hydrogen-bond donors (Lipinski definition) is 2. The fourth-order valence-corrected chi connectivity index (χ4v) is 1.92. The average molecular weight is 308 g/mol. The summed E-state index contributed by atoms with van der Waals surface area (Å²) in [6.45, 7) is 0. The highest BCUT2D eigenvalue weighted by Crippen LogP contribution is 2.29. The van der Waals surface area contributed by atoms with Gasteiger partial charge in [-0.2, -0.15) is 0 Å². The zero-order chi connectivity index (χ0) is 13.0. The van der Waals surface area contributed by atoms with Crippen LogP contribution in [0.5, 0.6) is 0 Å². The van der Waals surface area contributed by atoms with Crippen LogP contribution in [0.1, 0.15) is 5.76 Å². The van der Waals surface area contributed by atoms with E-state index in [4.69, 9.17) is 9.62 Å². The van der Waals surface area contributed by atoms with Crippen LogP contribution in [0.2, 0.25) is 0 Å². The van der Waals surface area contributed by atoms with Crippen molar-refractivity contribution in [1.29, 1.82) is 0 Å². The van der Waals surface area contributed by atoms with Crippen molar-refractivity contribution in [3.05, 3.63) is 52.7 Å². The van der Waals surface area contributed by atoms with Crippen molar-refractivity contribution >= 4 is 27.9 Å². The van der Waals surface area contributed by atoms with Crippen molar-refractivity contribution < 1.29 is 14.4 Å². The summed E-state index contributed by atoms with van der Waals surface area (Å²) >= 11 is 3.44. The quantitative estimate of drug-likeness (QED) is 0.520. The molecular formula is C13H10BrNO3. The number of halogens is 1. The Hall–Kier alpha value is -1.85. The van der Waals surface area contributed by atoms with E-state index in [1.54, 1.807) is 6.07 Å². The molecule has 0 fully saturated rings. The summed E-state index contributed by atoms with van der Waals surface area (Å²) in [6.07, 6.45) is 2.66. The largest absolute Gasteiger partial charge is 0.457 e. The summed E-state index contributed by atoms with van der Waals surface area (Å²) in [5.74, 6) is 0.629. The van der Waals surface area contributed by atoms with Gasteiger partial charge in [0, 0.05) is 16.1 Å². The van der Waals surface area contributed by atoms with Crippen LogP contribution in [0.25, 0.3) is 17.4 Å². The Labute approximate surface area is 112 Å². The molecular weight excluding hydrogens is 298 g/mol. The monoisotopic (exact) mass is 307 g/mol. The summed E-state index contributed by atoms with van der Waals surface area (Å²) < 4.78 is 6.50. The molecule has 92 valence electrons. The average Bonchev–Trinajstić information content (AvgIpc) is 2.85. The molecule has 1 amide bonds. The van der Waals surface area contributed by atoms with Gasteiger partial charge in [0.25, 0.3) is 5.91 Å². The van der Waals surface area contributed by atoms with Crippen LogP contribution in [-0.4, -0.2) is 11.1 Å². The van der Waals surface area contributed by atoms with Gasteiger partial charge in [0.05, 0.1) is 0 Å². The molecule has 0 bridgehead atoms. The molecule has 0 spiro atoms. The van der Waals surface area contributed by atoms with Crippen LogP contribution in [0.4, 0.5) is 0 Å². The van der Waals surface area contributed by atoms with Crippen LogP contribution in [0.15, 0.2) is 51.4 Å². The first kappa shape index (κ1) is 12.6. The molecule has 18 heavy (non-hydrogen) atoms. The minimum Gasteiger partial charge on any atom is -0.457 e. The van der Waals surface area contributed by atoms with Gasteiger partial charge in [-0.1, -0.05) is 34.1 Å². The van der Waals surface area contributed by atoms with Crippen molar-refractivity contribution in [2.75, 3.05) is 0 Å². The first-order valence-corrected chi connectivity index (χ1v) is 5.97. The standard InChI is InChI=1S/C13H10BrNO3/c14-11-4-2-1-3-10(11)12-7-5-9(18-12)6-8-13(16)15-17/h1-8,17H,(H,15,16)/b8-6+. The fraction of sp³-hybridized carbons (Fsp3) is 0. The highest BCUT2D eigenvalue weighted by Gasteiger charge is 2.06.